The number of halogens is 4. The first kappa shape index (κ1) is 33.9. The first-order valence-corrected chi connectivity index (χ1v) is 14.1. The van der Waals surface area contributed by atoms with Crippen molar-refractivity contribution in [1.82, 2.24) is 14.7 Å². The molecule has 0 saturated carbocycles. The predicted molar refractivity (Wildman–Crippen MR) is 173 cm³/mol. The van der Waals surface area contributed by atoms with Crippen molar-refractivity contribution < 1.29 is 24.0 Å². The topological polar surface area (TPSA) is 118 Å². The summed E-state index contributed by atoms with van der Waals surface area (Å²) in [6.07, 6.45) is 1.86. The smallest absolute Gasteiger partial charge is 0.319 e. The standard InChI is InChI=1S/C28H27BrCl2N6O5.ClH/c1-16-26(29)36-12-6-9-23(27(36)33-16)42-15-20-21(30)10-11-22(25(20)31)35(3)24(39)14-32-28(40)34-18-7-5-8-19(13-18)37(41-4)17(2)38;/h5-13H,14-15H2,1-4H3,(H2,32,34,40);1H. The molecular weight excluding hydrogens is 687 g/mol. The summed E-state index contributed by atoms with van der Waals surface area (Å²) in [7, 11) is 2.90. The largest absolute Gasteiger partial charge is 0.485 e. The first-order chi connectivity index (χ1) is 20.0. The molecule has 4 amide bonds. The van der Waals surface area contributed by atoms with Gasteiger partial charge in [0.1, 0.15) is 11.2 Å². The normalized spacial score (nSPS) is 10.6. The number of likely N-dealkylation sites (N-methyl/N-ethyl adjacent to an activating group) is 1. The number of pyridine rings is 1. The number of imidazole rings is 1. The summed E-state index contributed by atoms with van der Waals surface area (Å²) in [5, 5.41) is 6.83. The lowest BCUT2D eigenvalue weighted by atomic mass is 10.2. The maximum Gasteiger partial charge on any atom is 0.319 e. The van der Waals surface area contributed by atoms with Crippen LogP contribution in [0.2, 0.25) is 10.0 Å². The SMILES string of the molecule is CON(C(C)=O)c1cccc(NC(=O)NCC(=O)N(C)c2ccc(Cl)c(COc3cccn4c(Br)c(C)nc34)c2Cl)c1.Cl. The molecule has 11 nitrogen and oxygen atoms in total. The molecule has 2 N–H and O–H groups in total. The Labute approximate surface area is 272 Å². The van der Waals surface area contributed by atoms with Crippen LogP contribution < -0.4 is 25.3 Å². The minimum absolute atomic E-state index is 0. The second kappa shape index (κ2) is 14.8. The van der Waals surface area contributed by atoms with E-state index in [4.69, 9.17) is 32.8 Å². The van der Waals surface area contributed by atoms with Crippen molar-refractivity contribution >= 4 is 92.1 Å². The van der Waals surface area contributed by atoms with Gasteiger partial charge in [-0.1, -0.05) is 29.3 Å². The molecule has 0 unspecified atom stereocenters. The molecule has 0 aliphatic rings. The summed E-state index contributed by atoms with van der Waals surface area (Å²) in [5.74, 6) is -0.230. The molecule has 15 heteroatoms. The van der Waals surface area contributed by atoms with E-state index in [9.17, 15) is 14.4 Å². The molecule has 2 heterocycles. The highest BCUT2D eigenvalue weighted by molar-refractivity contribution is 9.10. The number of nitrogens with one attached hydrogen (secondary N) is 2. The number of benzene rings is 2. The minimum atomic E-state index is -0.618. The second-order valence-electron chi connectivity index (χ2n) is 9.01. The highest BCUT2D eigenvalue weighted by Crippen LogP contribution is 2.35. The van der Waals surface area contributed by atoms with Crippen LogP contribution in [-0.2, 0) is 21.0 Å². The quantitative estimate of drug-likeness (QED) is 0.194. The Morgan fingerprint density at radius 3 is 2.56 bits per heavy atom. The zero-order valence-electron chi connectivity index (χ0n) is 23.5. The minimum Gasteiger partial charge on any atom is -0.485 e. The zero-order chi connectivity index (χ0) is 30.6. The fourth-order valence-corrected chi connectivity index (χ4v) is 5.06. The molecule has 4 aromatic rings. The van der Waals surface area contributed by atoms with Gasteiger partial charge in [-0.2, -0.15) is 5.06 Å². The highest BCUT2D eigenvalue weighted by atomic mass is 79.9. The number of ether oxygens (including phenoxy) is 1. The third kappa shape index (κ3) is 7.70. The predicted octanol–water partition coefficient (Wildman–Crippen LogP) is 6.41. The van der Waals surface area contributed by atoms with E-state index in [1.54, 1.807) is 42.5 Å². The summed E-state index contributed by atoms with van der Waals surface area (Å²) >= 11 is 16.6. The number of urea groups is 1. The van der Waals surface area contributed by atoms with Gasteiger partial charge in [-0.3, -0.25) is 18.8 Å². The maximum atomic E-state index is 13.0. The molecule has 0 aliphatic heterocycles. The highest BCUT2D eigenvalue weighted by Gasteiger charge is 2.20. The number of fused-ring (bicyclic) bond motifs is 1. The van der Waals surface area contributed by atoms with E-state index in [-0.39, 0.29) is 36.5 Å². The Bertz CT molecular complexity index is 1670. The summed E-state index contributed by atoms with van der Waals surface area (Å²) in [5.41, 5.74) is 3.14. The van der Waals surface area contributed by atoms with Crippen molar-refractivity contribution in [2.45, 2.75) is 20.5 Å². The Kier molecular flexibility index (Phi) is 11.7. The van der Waals surface area contributed by atoms with E-state index in [0.29, 0.717) is 39.0 Å². The Morgan fingerprint density at radius 2 is 1.86 bits per heavy atom. The van der Waals surface area contributed by atoms with Crippen LogP contribution >= 0.6 is 51.5 Å². The average molecular weight is 715 g/mol. The van der Waals surface area contributed by atoms with E-state index in [1.807, 2.05) is 23.6 Å². The number of carbonyl (C=O) groups excluding carboxylic acids is 3. The van der Waals surface area contributed by atoms with E-state index >= 15 is 0 Å². The number of hydrogen-bond donors (Lipinski definition) is 2. The third-order valence-electron chi connectivity index (χ3n) is 6.20. The van der Waals surface area contributed by atoms with Gasteiger partial charge < -0.3 is 20.3 Å². The summed E-state index contributed by atoms with van der Waals surface area (Å²) in [6, 6.07) is 12.7. The van der Waals surface area contributed by atoms with Gasteiger partial charge >= 0.3 is 6.03 Å². The van der Waals surface area contributed by atoms with Crippen LogP contribution in [0.1, 0.15) is 18.2 Å². The lowest BCUT2D eigenvalue weighted by molar-refractivity contribution is -0.122. The van der Waals surface area contributed by atoms with Crippen LogP contribution in [-0.4, -0.2) is 47.9 Å². The van der Waals surface area contributed by atoms with Crippen molar-refractivity contribution in [3.63, 3.8) is 0 Å². The van der Waals surface area contributed by atoms with Gasteiger partial charge in [-0.15, -0.1) is 12.4 Å². The van der Waals surface area contributed by atoms with Gasteiger partial charge in [0, 0.05) is 36.4 Å². The molecule has 0 bridgehead atoms. The van der Waals surface area contributed by atoms with E-state index < -0.39 is 11.9 Å². The van der Waals surface area contributed by atoms with Crippen LogP contribution in [0.4, 0.5) is 21.9 Å². The second-order valence-corrected chi connectivity index (χ2v) is 10.5. The molecule has 0 fully saturated rings. The van der Waals surface area contributed by atoms with Crippen LogP contribution in [0.5, 0.6) is 5.75 Å². The molecule has 0 spiro atoms. The van der Waals surface area contributed by atoms with Gasteiger partial charge in [0.2, 0.25) is 11.8 Å². The molecule has 0 atom stereocenters. The Balaban J connectivity index is 0.00000506. The van der Waals surface area contributed by atoms with Crippen LogP contribution in [0.3, 0.4) is 0 Å². The lowest BCUT2D eigenvalue weighted by Crippen LogP contribution is -2.40. The van der Waals surface area contributed by atoms with E-state index in [1.165, 1.54) is 26.0 Å². The van der Waals surface area contributed by atoms with Crippen molar-refractivity contribution in [3.05, 3.63) is 80.6 Å². The molecule has 228 valence electrons. The number of rotatable bonds is 9. The van der Waals surface area contributed by atoms with Crippen LogP contribution in [0.15, 0.2) is 59.3 Å². The van der Waals surface area contributed by atoms with Crippen LogP contribution in [0.25, 0.3) is 5.65 Å². The van der Waals surface area contributed by atoms with Gasteiger partial charge in [-0.05, 0) is 65.3 Å². The Morgan fingerprint density at radius 1 is 1.12 bits per heavy atom. The van der Waals surface area contributed by atoms with Crippen molar-refractivity contribution in [2.75, 3.05) is 36.0 Å². The van der Waals surface area contributed by atoms with Crippen molar-refractivity contribution in [1.29, 1.82) is 0 Å². The number of nitrogens with zero attached hydrogens (tertiary/aromatic N) is 4. The summed E-state index contributed by atoms with van der Waals surface area (Å²) < 4.78 is 8.72. The van der Waals surface area contributed by atoms with Gasteiger partial charge in [0.05, 0.1) is 35.7 Å². The van der Waals surface area contributed by atoms with Crippen molar-refractivity contribution in [3.8, 4) is 5.75 Å². The molecule has 2 aromatic carbocycles. The number of carbonyl (C=O) groups is 3. The molecular formula is C28H28BrCl3N6O5. The average Bonchev–Trinajstić information content (AvgIpc) is 3.25. The number of aromatic nitrogens is 2. The van der Waals surface area contributed by atoms with Crippen molar-refractivity contribution in [2.24, 2.45) is 0 Å². The molecule has 4 rings (SSSR count). The molecule has 43 heavy (non-hydrogen) atoms. The number of hydroxylamine groups is 1. The van der Waals surface area contributed by atoms with E-state index in [0.717, 1.165) is 15.4 Å². The third-order valence-corrected chi connectivity index (χ3v) is 7.93. The summed E-state index contributed by atoms with van der Waals surface area (Å²) in [4.78, 5) is 48.1. The maximum absolute atomic E-state index is 13.0. The molecule has 0 aliphatic carbocycles. The fourth-order valence-electron chi connectivity index (χ4n) is 4.08. The van der Waals surface area contributed by atoms with E-state index in [2.05, 4.69) is 31.5 Å². The number of hydrogen-bond acceptors (Lipinski definition) is 6. The monoisotopic (exact) mass is 712 g/mol. The molecule has 0 radical (unpaired) electrons. The van der Waals surface area contributed by atoms with Gasteiger partial charge in [-0.25, -0.2) is 9.78 Å². The molecule has 0 saturated heterocycles. The molecule has 2 aromatic heterocycles. The van der Waals surface area contributed by atoms with Gasteiger partial charge in [0.25, 0.3) is 0 Å². The summed E-state index contributed by atoms with van der Waals surface area (Å²) in [6.45, 7) is 2.94. The first-order valence-electron chi connectivity index (χ1n) is 12.5. The number of aryl methyl sites for hydroxylation is 1. The van der Waals surface area contributed by atoms with Crippen LogP contribution in [0, 0.1) is 6.92 Å². The fraction of sp³-hybridized carbons (Fsp3) is 0.214. The number of amides is 4. The Hall–Kier alpha value is -3.55. The lowest BCUT2D eigenvalue weighted by Gasteiger charge is -2.21. The van der Waals surface area contributed by atoms with Gasteiger partial charge in [0.15, 0.2) is 11.4 Å². The zero-order valence-corrected chi connectivity index (χ0v) is 27.4. The number of anilines is 3.